The molecule has 0 spiro atoms. The molecule has 3 nitrogen and oxygen atoms in total. The zero-order valence-corrected chi connectivity index (χ0v) is 12.5. The number of hydrogen-bond donors (Lipinski definition) is 2. The van der Waals surface area contributed by atoms with Crippen molar-refractivity contribution in [1.29, 1.82) is 0 Å². The number of para-hydroxylation sites is 1. The van der Waals surface area contributed by atoms with Gasteiger partial charge in [0.05, 0.1) is 10.7 Å². The van der Waals surface area contributed by atoms with E-state index in [4.69, 9.17) is 17.3 Å². The predicted molar refractivity (Wildman–Crippen MR) is 82.7 cm³/mol. The lowest BCUT2D eigenvalue weighted by Gasteiger charge is -2.10. The molecule has 0 heterocycles. The van der Waals surface area contributed by atoms with Crippen molar-refractivity contribution in [3.8, 4) is 0 Å². The Morgan fingerprint density at radius 1 is 1.32 bits per heavy atom. The average Bonchev–Trinajstić information content (AvgIpc) is 2.32. The lowest BCUT2D eigenvalue weighted by atomic mass is 10.1. The summed E-state index contributed by atoms with van der Waals surface area (Å²) in [6.45, 7) is 1.89. The number of halogens is 2. The first-order chi connectivity index (χ1) is 8.97. The molecule has 0 bridgehead atoms. The third kappa shape index (κ3) is 3.28. The highest BCUT2D eigenvalue weighted by Crippen LogP contribution is 2.26. The Bertz CT molecular complexity index is 603. The van der Waals surface area contributed by atoms with Crippen molar-refractivity contribution >= 4 is 44.8 Å². The van der Waals surface area contributed by atoms with Gasteiger partial charge in [-0.2, -0.15) is 0 Å². The number of benzene rings is 2. The molecule has 2 rings (SSSR count). The first-order valence-electron chi connectivity index (χ1n) is 5.60. The van der Waals surface area contributed by atoms with Crippen LogP contribution < -0.4 is 11.1 Å². The summed E-state index contributed by atoms with van der Waals surface area (Å²) < 4.78 is 0.758. The smallest absolute Gasteiger partial charge is 0.255 e. The fraction of sp³-hybridized carbons (Fsp3) is 0.0714. The normalized spacial score (nSPS) is 10.3. The maximum atomic E-state index is 12.2. The molecule has 5 heteroatoms. The molecule has 0 aliphatic rings. The number of aryl methyl sites for hydroxylation is 1. The molecule has 0 atom stereocenters. The van der Waals surface area contributed by atoms with Crippen LogP contribution >= 0.6 is 27.5 Å². The average molecular weight is 340 g/mol. The number of nitrogens with two attached hydrogens (primary N) is 1. The van der Waals surface area contributed by atoms with Gasteiger partial charge in [0.15, 0.2) is 0 Å². The van der Waals surface area contributed by atoms with E-state index >= 15 is 0 Å². The van der Waals surface area contributed by atoms with Crippen molar-refractivity contribution in [2.45, 2.75) is 6.92 Å². The van der Waals surface area contributed by atoms with Crippen LogP contribution in [-0.4, -0.2) is 5.91 Å². The molecule has 2 aromatic rings. The van der Waals surface area contributed by atoms with Gasteiger partial charge in [0.2, 0.25) is 0 Å². The molecule has 0 aliphatic carbocycles. The molecule has 0 aromatic heterocycles. The second-order valence-corrected chi connectivity index (χ2v) is 5.48. The summed E-state index contributed by atoms with van der Waals surface area (Å²) in [7, 11) is 0. The Kier molecular flexibility index (Phi) is 4.12. The maximum absolute atomic E-state index is 12.2. The molecule has 3 N–H and O–H groups in total. The van der Waals surface area contributed by atoms with E-state index in [0.717, 1.165) is 10.0 Å². The molecule has 0 saturated heterocycles. The molecule has 19 heavy (non-hydrogen) atoms. The van der Waals surface area contributed by atoms with Gasteiger partial charge in [0.25, 0.3) is 5.91 Å². The summed E-state index contributed by atoms with van der Waals surface area (Å²) in [4.78, 5) is 12.2. The number of anilines is 2. The number of carbonyl (C=O) groups is 1. The fourth-order valence-electron chi connectivity index (χ4n) is 1.72. The summed E-state index contributed by atoms with van der Waals surface area (Å²) in [5.74, 6) is -0.246. The molecule has 1 amide bonds. The van der Waals surface area contributed by atoms with Gasteiger partial charge < -0.3 is 11.1 Å². The van der Waals surface area contributed by atoms with Crippen LogP contribution in [0.1, 0.15) is 15.9 Å². The lowest BCUT2D eigenvalue weighted by Crippen LogP contribution is -2.13. The standard InChI is InChI=1S/C14H12BrClN2O/c1-8-3-2-4-12(16)13(8)18-14(19)9-5-10(15)7-11(17)6-9/h2-7H,17H2,1H3,(H,18,19). The van der Waals surface area contributed by atoms with Gasteiger partial charge in [-0.25, -0.2) is 0 Å². The summed E-state index contributed by atoms with van der Waals surface area (Å²) in [6.07, 6.45) is 0. The van der Waals surface area contributed by atoms with Crippen LogP contribution in [0.3, 0.4) is 0 Å². The van der Waals surface area contributed by atoms with E-state index in [0.29, 0.717) is 22.0 Å². The SMILES string of the molecule is Cc1cccc(Cl)c1NC(=O)c1cc(N)cc(Br)c1. The first kappa shape index (κ1) is 13.9. The van der Waals surface area contributed by atoms with Crippen LogP contribution in [0, 0.1) is 6.92 Å². The van der Waals surface area contributed by atoms with E-state index in [9.17, 15) is 4.79 Å². The highest BCUT2D eigenvalue weighted by atomic mass is 79.9. The minimum atomic E-state index is -0.246. The molecule has 0 fully saturated rings. The third-order valence-electron chi connectivity index (χ3n) is 2.64. The topological polar surface area (TPSA) is 55.1 Å². The highest BCUT2D eigenvalue weighted by molar-refractivity contribution is 9.10. The van der Waals surface area contributed by atoms with Crippen LogP contribution in [0.2, 0.25) is 5.02 Å². The van der Waals surface area contributed by atoms with Crippen LogP contribution in [0.15, 0.2) is 40.9 Å². The molecule has 2 aromatic carbocycles. The Morgan fingerprint density at radius 3 is 2.68 bits per heavy atom. The molecular weight excluding hydrogens is 328 g/mol. The van der Waals surface area contributed by atoms with Crippen molar-refractivity contribution in [2.24, 2.45) is 0 Å². The summed E-state index contributed by atoms with van der Waals surface area (Å²) in [5.41, 5.74) is 8.24. The van der Waals surface area contributed by atoms with Crippen molar-refractivity contribution in [3.63, 3.8) is 0 Å². The maximum Gasteiger partial charge on any atom is 0.255 e. The second kappa shape index (κ2) is 5.63. The van der Waals surface area contributed by atoms with Gasteiger partial charge in [-0.05, 0) is 36.8 Å². The molecule has 0 unspecified atom stereocenters. The quantitative estimate of drug-likeness (QED) is 0.804. The highest BCUT2D eigenvalue weighted by Gasteiger charge is 2.11. The number of carbonyl (C=O) groups excluding carboxylic acids is 1. The monoisotopic (exact) mass is 338 g/mol. The zero-order chi connectivity index (χ0) is 14.0. The van der Waals surface area contributed by atoms with Gasteiger partial charge in [0, 0.05) is 15.7 Å². The van der Waals surface area contributed by atoms with Gasteiger partial charge in [-0.1, -0.05) is 39.7 Å². The number of rotatable bonds is 2. The van der Waals surface area contributed by atoms with Crippen molar-refractivity contribution in [2.75, 3.05) is 11.1 Å². The van der Waals surface area contributed by atoms with Crippen molar-refractivity contribution < 1.29 is 4.79 Å². The Hall–Kier alpha value is -1.52. The van der Waals surface area contributed by atoms with Crippen LogP contribution in [0.4, 0.5) is 11.4 Å². The molecular formula is C14H12BrClN2O. The number of nitrogens with one attached hydrogen (secondary N) is 1. The Balaban J connectivity index is 2.31. The van der Waals surface area contributed by atoms with E-state index < -0.39 is 0 Å². The van der Waals surface area contributed by atoms with Crippen LogP contribution in [0.5, 0.6) is 0 Å². The van der Waals surface area contributed by atoms with Gasteiger partial charge in [-0.3, -0.25) is 4.79 Å². The lowest BCUT2D eigenvalue weighted by molar-refractivity contribution is 0.102. The fourth-order valence-corrected chi connectivity index (χ4v) is 2.50. The van der Waals surface area contributed by atoms with E-state index in [-0.39, 0.29) is 5.91 Å². The molecule has 0 aliphatic heterocycles. The van der Waals surface area contributed by atoms with E-state index in [1.54, 1.807) is 24.3 Å². The predicted octanol–water partition coefficient (Wildman–Crippen LogP) is 4.25. The van der Waals surface area contributed by atoms with Gasteiger partial charge in [0.1, 0.15) is 0 Å². The number of amides is 1. The van der Waals surface area contributed by atoms with Crippen molar-refractivity contribution in [1.82, 2.24) is 0 Å². The van der Waals surface area contributed by atoms with E-state index in [2.05, 4.69) is 21.2 Å². The number of nitrogen functional groups attached to an aromatic ring is 1. The first-order valence-corrected chi connectivity index (χ1v) is 6.77. The molecule has 98 valence electrons. The minimum Gasteiger partial charge on any atom is -0.399 e. The number of hydrogen-bond acceptors (Lipinski definition) is 2. The summed E-state index contributed by atoms with van der Waals surface area (Å²) >= 11 is 9.38. The summed E-state index contributed by atoms with van der Waals surface area (Å²) in [6, 6.07) is 10.5. The van der Waals surface area contributed by atoms with Crippen molar-refractivity contribution in [3.05, 3.63) is 57.0 Å². The van der Waals surface area contributed by atoms with Crippen LogP contribution in [0.25, 0.3) is 0 Å². The Morgan fingerprint density at radius 2 is 2.05 bits per heavy atom. The summed E-state index contributed by atoms with van der Waals surface area (Å²) in [5, 5.41) is 3.31. The van der Waals surface area contributed by atoms with E-state index in [1.165, 1.54) is 0 Å². The second-order valence-electron chi connectivity index (χ2n) is 4.16. The van der Waals surface area contributed by atoms with Crippen LogP contribution in [-0.2, 0) is 0 Å². The largest absolute Gasteiger partial charge is 0.399 e. The Labute approximate surface area is 124 Å². The zero-order valence-electron chi connectivity index (χ0n) is 10.2. The van der Waals surface area contributed by atoms with E-state index in [1.807, 2.05) is 19.1 Å². The minimum absolute atomic E-state index is 0.246. The molecule has 0 saturated carbocycles. The van der Waals surface area contributed by atoms with Gasteiger partial charge in [-0.15, -0.1) is 0 Å². The van der Waals surface area contributed by atoms with Gasteiger partial charge >= 0.3 is 0 Å². The third-order valence-corrected chi connectivity index (χ3v) is 3.42. The molecule has 0 radical (unpaired) electrons.